The normalized spacial score (nSPS) is 11.6. The molecule has 0 aromatic heterocycles. The Labute approximate surface area is 260 Å². The Balaban J connectivity index is 1.43. The van der Waals surface area contributed by atoms with E-state index < -0.39 is 17.1 Å². The van der Waals surface area contributed by atoms with Crippen LogP contribution in [0.1, 0.15) is 22.8 Å². The molecule has 4 aromatic carbocycles. The lowest BCUT2D eigenvalue weighted by Crippen LogP contribution is -2.30. The molecule has 44 heavy (non-hydrogen) atoms. The predicted molar refractivity (Wildman–Crippen MR) is 173 cm³/mol. The molecule has 0 saturated carbocycles. The van der Waals surface area contributed by atoms with E-state index in [0.29, 0.717) is 39.8 Å². The van der Waals surface area contributed by atoms with Gasteiger partial charge in [0.15, 0.2) is 0 Å². The highest BCUT2D eigenvalue weighted by Gasteiger charge is 2.18. The molecule has 3 N–H and O–H groups in total. The zero-order chi connectivity index (χ0) is 31.5. The maximum absolute atomic E-state index is 13.4. The van der Waals surface area contributed by atoms with Crippen LogP contribution in [-0.4, -0.2) is 44.3 Å². The van der Waals surface area contributed by atoms with Crippen molar-refractivity contribution >= 4 is 46.9 Å². The lowest BCUT2D eigenvalue weighted by molar-refractivity contribution is -0.115. The van der Waals surface area contributed by atoms with E-state index in [1.807, 2.05) is 18.2 Å². The third-order valence-electron chi connectivity index (χ3n) is 6.39. The van der Waals surface area contributed by atoms with E-state index in [1.165, 1.54) is 18.9 Å². The fraction of sp³-hybridized carbons (Fsp3) is 0.147. The summed E-state index contributed by atoms with van der Waals surface area (Å²) in [6.07, 6.45) is 1.58. The van der Waals surface area contributed by atoms with Crippen molar-refractivity contribution in [1.82, 2.24) is 5.32 Å². The number of benzene rings is 4. The first-order valence-electron chi connectivity index (χ1n) is 13.6. The third kappa shape index (κ3) is 8.65. The van der Waals surface area contributed by atoms with Gasteiger partial charge in [-0.1, -0.05) is 30.3 Å². The van der Waals surface area contributed by atoms with Gasteiger partial charge in [0.2, 0.25) is 5.91 Å². The number of thioether (sulfide) groups is 1. The SMILES string of the molecule is COc1cccc(/C=C(\NC(=O)c2ccccc2)C(=O)Nc2ccc(SC(C)C(=O)Nc3ccc(OC)cc3OC)cc2)c1. The van der Waals surface area contributed by atoms with Crippen molar-refractivity contribution in [3.05, 3.63) is 114 Å². The van der Waals surface area contributed by atoms with Gasteiger partial charge in [-0.15, -0.1) is 11.8 Å². The molecule has 1 atom stereocenters. The summed E-state index contributed by atoms with van der Waals surface area (Å²) in [6.45, 7) is 1.80. The summed E-state index contributed by atoms with van der Waals surface area (Å²) >= 11 is 1.37. The topological polar surface area (TPSA) is 115 Å². The molecule has 4 rings (SSSR count). The summed E-state index contributed by atoms with van der Waals surface area (Å²) < 4.78 is 15.9. The zero-order valence-corrected chi connectivity index (χ0v) is 25.6. The van der Waals surface area contributed by atoms with Gasteiger partial charge in [0.05, 0.1) is 32.3 Å². The maximum Gasteiger partial charge on any atom is 0.272 e. The van der Waals surface area contributed by atoms with Crippen LogP contribution in [-0.2, 0) is 9.59 Å². The minimum absolute atomic E-state index is 0.0600. The molecular formula is C34H33N3O6S. The average molecular weight is 612 g/mol. The van der Waals surface area contributed by atoms with Crippen LogP contribution in [0.3, 0.4) is 0 Å². The highest BCUT2D eigenvalue weighted by molar-refractivity contribution is 8.00. The van der Waals surface area contributed by atoms with Crippen LogP contribution < -0.4 is 30.2 Å². The minimum atomic E-state index is -0.501. The summed E-state index contributed by atoms with van der Waals surface area (Å²) in [5.41, 5.74) is 2.21. The van der Waals surface area contributed by atoms with Crippen LogP contribution in [0.4, 0.5) is 11.4 Å². The van der Waals surface area contributed by atoms with E-state index in [1.54, 1.807) is 106 Å². The number of hydrogen-bond donors (Lipinski definition) is 3. The van der Waals surface area contributed by atoms with Crippen LogP contribution >= 0.6 is 11.8 Å². The van der Waals surface area contributed by atoms with Gasteiger partial charge in [-0.3, -0.25) is 14.4 Å². The van der Waals surface area contributed by atoms with Crippen LogP contribution in [0.15, 0.2) is 108 Å². The Kier molecular flexibility index (Phi) is 11.0. The Morgan fingerprint density at radius 1 is 0.750 bits per heavy atom. The second-order valence-electron chi connectivity index (χ2n) is 9.45. The van der Waals surface area contributed by atoms with E-state index >= 15 is 0 Å². The molecule has 3 amide bonds. The molecule has 0 aliphatic rings. The van der Waals surface area contributed by atoms with Gasteiger partial charge in [0, 0.05) is 22.2 Å². The highest BCUT2D eigenvalue weighted by atomic mass is 32.2. The minimum Gasteiger partial charge on any atom is -0.497 e. The Hall–Kier alpha value is -5.22. The van der Waals surface area contributed by atoms with Crippen LogP contribution in [0, 0.1) is 0 Å². The van der Waals surface area contributed by atoms with E-state index in [-0.39, 0.29) is 11.6 Å². The first-order valence-corrected chi connectivity index (χ1v) is 14.5. The monoisotopic (exact) mass is 611 g/mol. The van der Waals surface area contributed by atoms with Crippen molar-refractivity contribution < 1.29 is 28.6 Å². The fourth-order valence-corrected chi connectivity index (χ4v) is 4.92. The molecule has 0 aliphatic carbocycles. The summed E-state index contributed by atoms with van der Waals surface area (Å²) in [6, 6.07) is 28.1. The van der Waals surface area contributed by atoms with Gasteiger partial charge in [0.25, 0.3) is 11.8 Å². The Morgan fingerprint density at radius 3 is 2.14 bits per heavy atom. The first-order chi connectivity index (χ1) is 21.3. The van der Waals surface area contributed by atoms with E-state index in [4.69, 9.17) is 14.2 Å². The molecule has 0 heterocycles. The molecule has 0 aliphatic heterocycles. The number of amides is 3. The average Bonchev–Trinajstić information content (AvgIpc) is 3.05. The second-order valence-corrected chi connectivity index (χ2v) is 10.9. The number of rotatable bonds is 12. The lowest BCUT2D eigenvalue weighted by atomic mass is 10.1. The smallest absolute Gasteiger partial charge is 0.272 e. The summed E-state index contributed by atoms with van der Waals surface area (Å²) in [5.74, 6) is 0.620. The number of anilines is 2. The van der Waals surface area contributed by atoms with Gasteiger partial charge < -0.3 is 30.2 Å². The molecule has 226 valence electrons. The van der Waals surface area contributed by atoms with Gasteiger partial charge in [-0.2, -0.15) is 0 Å². The van der Waals surface area contributed by atoms with Gasteiger partial charge in [0.1, 0.15) is 22.9 Å². The van der Waals surface area contributed by atoms with Gasteiger partial charge >= 0.3 is 0 Å². The maximum atomic E-state index is 13.4. The first kappa shape index (κ1) is 31.7. The molecule has 10 heteroatoms. The molecule has 1 unspecified atom stereocenters. The highest BCUT2D eigenvalue weighted by Crippen LogP contribution is 2.31. The molecule has 4 aromatic rings. The standard InChI is InChI=1S/C34H33N3O6S/c1-22(32(38)36-29-18-15-27(42-3)21-31(29)43-4)44-28-16-13-25(14-17-28)35-34(40)30(20-23-9-8-12-26(19-23)41-2)37-33(39)24-10-6-5-7-11-24/h5-22H,1-4H3,(H,35,40)(H,36,38)(H,37,39)/b30-20-. The van der Waals surface area contributed by atoms with Crippen LogP contribution in [0.2, 0.25) is 0 Å². The number of carbonyl (C=O) groups excluding carboxylic acids is 3. The van der Waals surface area contributed by atoms with Crippen LogP contribution in [0.5, 0.6) is 17.2 Å². The molecule has 0 spiro atoms. The summed E-state index contributed by atoms with van der Waals surface area (Å²) in [5, 5.41) is 8.04. The van der Waals surface area contributed by atoms with Crippen molar-refractivity contribution in [2.45, 2.75) is 17.1 Å². The number of carbonyl (C=O) groups is 3. The number of methoxy groups -OCH3 is 3. The molecule has 0 saturated heterocycles. The summed E-state index contributed by atoms with van der Waals surface area (Å²) in [7, 11) is 4.64. The Bertz CT molecular complexity index is 1640. The molecule has 0 radical (unpaired) electrons. The van der Waals surface area contributed by atoms with Crippen molar-refractivity contribution in [2.24, 2.45) is 0 Å². The largest absolute Gasteiger partial charge is 0.497 e. The van der Waals surface area contributed by atoms with Crippen molar-refractivity contribution in [2.75, 3.05) is 32.0 Å². The number of ether oxygens (including phenoxy) is 3. The van der Waals surface area contributed by atoms with Gasteiger partial charge in [-0.25, -0.2) is 0 Å². The molecular weight excluding hydrogens is 578 g/mol. The van der Waals surface area contributed by atoms with Gasteiger partial charge in [-0.05, 0) is 79.2 Å². The summed E-state index contributed by atoms with van der Waals surface area (Å²) in [4.78, 5) is 40.0. The van der Waals surface area contributed by atoms with E-state index in [9.17, 15) is 14.4 Å². The molecule has 0 fully saturated rings. The molecule has 0 bridgehead atoms. The second kappa shape index (κ2) is 15.3. The van der Waals surface area contributed by atoms with Crippen LogP contribution in [0.25, 0.3) is 6.08 Å². The van der Waals surface area contributed by atoms with Crippen molar-refractivity contribution in [3.8, 4) is 17.2 Å². The quantitative estimate of drug-likeness (QED) is 0.128. The van der Waals surface area contributed by atoms with Crippen molar-refractivity contribution in [1.29, 1.82) is 0 Å². The number of nitrogens with one attached hydrogen (secondary N) is 3. The number of hydrogen-bond acceptors (Lipinski definition) is 7. The van der Waals surface area contributed by atoms with E-state index in [2.05, 4.69) is 16.0 Å². The predicted octanol–water partition coefficient (Wildman–Crippen LogP) is 6.24. The van der Waals surface area contributed by atoms with Crippen molar-refractivity contribution in [3.63, 3.8) is 0 Å². The third-order valence-corrected chi connectivity index (χ3v) is 7.51. The zero-order valence-electron chi connectivity index (χ0n) is 24.8. The Morgan fingerprint density at radius 2 is 1.45 bits per heavy atom. The molecule has 9 nitrogen and oxygen atoms in total. The fourth-order valence-electron chi connectivity index (χ4n) is 4.05. The van der Waals surface area contributed by atoms with E-state index in [0.717, 1.165) is 4.90 Å². The lowest BCUT2D eigenvalue weighted by Gasteiger charge is -2.15.